The van der Waals surface area contributed by atoms with Gasteiger partial charge in [-0.15, -0.1) is 0 Å². The van der Waals surface area contributed by atoms with E-state index in [0.717, 1.165) is 0 Å². The molecule has 0 atom stereocenters. The highest BCUT2D eigenvalue weighted by Crippen LogP contribution is 2.20. The van der Waals surface area contributed by atoms with Crippen molar-refractivity contribution in [2.45, 2.75) is 13.8 Å². The average Bonchev–Trinajstić information content (AvgIpc) is 2.50. The molecule has 0 spiro atoms. The predicted octanol–water partition coefficient (Wildman–Crippen LogP) is 2.30. The Morgan fingerprint density at radius 2 is 1.90 bits per heavy atom. The number of carboxylic acid groups (broad SMARTS) is 1. The van der Waals surface area contributed by atoms with Gasteiger partial charge in [-0.3, -0.25) is 4.90 Å². The minimum Gasteiger partial charge on any atom is -0.478 e. The standard InChI is InChI=1S/C15H22N2O4/c1-4-17(10-11-21-5-2)15(20)16(3)13-9-7-6-8-12(13)14(18)19/h6-9H,4-5,10-11H2,1-3H3,(H,18,19). The van der Waals surface area contributed by atoms with Gasteiger partial charge in [-0.1, -0.05) is 12.1 Å². The molecular formula is C15H22N2O4. The van der Waals surface area contributed by atoms with Crippen LogP contribution in [0.5, 0.6) is 0 Å². The number of ether oxygens (including phenoxy) is 1. The summed E-state index contributed by atoms with van der Waals surface area (Å²) in [5, 5.41) is 9.19. The first-order valence-electron chi connectivity index (χ1n) is 6.95. The van der Waals surface area contributed by atoms with Gasteiger partial charge in [0.1, 0.15) is 0 Å². The molecule has 0 bridgehead atoms. The van der Waals surface area contributed by atoms with E-state index in [0.29, 0.717) is 32.0 Å². The number of anilines is 1. The molecule has 0 saturated carbocycles. The van der Waals surface area contributed by atoms with Crippen molar-refractivity contribution in [2.75, 3.05) is 38.3 Å². The molecular weight excluding hydrogens is 272 g/mol. The number of aromatic carboxylic acids is 1. The van der Waals surface area contributed by atoms with Crippen molar-refractivity contribution in [3.05, 3.63) is 29.8 Å². The van der Waals surface area contributed by atoms with E-state index in [1.165, 1.54) is 11.0 Å². The lowest BCUT2D eigenvalue weighted by Crippen LogP contribution is -2.43. The molecule has 0 unspecified atom stereocenters. The summed E-state index contributed by atoms with van der Waals surface area (Å²) in [7, 11) is 1.58. The third kappa shape index (κ3) is 4.46. The topological polar surface area (TPSA) is 70.1 Å². The van der Waals surface area contributed by atoms with E-state index < -0.39 is 5.97 Å². The smallest absolute Gasteiger partial charge is 0.337 e. The molecule has 0 aliphatic heterocycles. The first kappa shape index (κ1) is 17.0. The number of rotatable bonds is 7. The lowest BCUT2D eigenvalue weighted by Gasteiger charge is -2.28. The number of carbonyl (C=O) groups excluding carboxylic acids is 1. The molecule has 6 heteroatoms. The molecule has 0 aliphatic carbocycles. The van der Waals surface area contributed by atoms with Gasteiger partial charge in [0.05, 0.1) is 17.9 Å². The largest absolute Gasteiger partial charge is 0.478 e. The maximum Gasteiger partial charge on any atom is 0.337 e. The zero-order valence-electron chi connectivity index (χ0n) is 12.7. The van der Waals surface area contributed by atoms with Crippen molar-refractivity contribution in [2.24, 2.45) is 0 Å². The van der Waals surface area contributed by atoms with Crippen LogP contribution in [0, 0.1) is 0 Å². The van der Waals surface area contributed by atoms with E-state index in [1.807, 2.05) is 13.8 Å². The fourth-order valence-corrected chi connectivity index (χ4v) is 1.97. The van der Waals surface area contributed by atoms with E-state index in [1.54, 1.807) is 30.1 Å². The van der Waals surface area contributed by atoms with E-state index in [4.69, 9.17) is 4.74 Å². The monoisotopic (exact) mass is 294 g/mol. The second-order valence-corrected chi connectivity index (χ2v) is 4.44. The lowest BCUT2D eigenvalue weighted by atomic mass is 10.1. The van der Waals surface area contributed by atoms with Gasteiger partial charge in [0, 0.05) is 26.7 Å². The Morgan fingerprint density at radius 1 is 1.24 bits per heavy atom. The van der Waals surface area contributed by atoms with Crippen molar-refractivity contribution in [3.63, 3.8) is 0 Å². The van der Waals surface area contributed by atoms with Crippen molar-refractivity contribution < 1.29 is 19.4 Å². The fourth-order valence-electron chi connectivity index (χ4n) is 1.97. The average molecular weight is 294 g/mol. The Kier molecular flexibility index (Phi) is 6.68. The highest BCUT2D eigenvalue weighted by Gasteiger charge is 2.21. The summed E-state index contributed by atoms with van der Waals surface area (Å²) in [6, 6.07) is 6.21. The molecule has 2 amide bonds. The van der Waals surface area contributed by atoms with E-state index in [9.17, 15) is 14.7 Å². The van der Waals surface area contributed by atoms with Crippen LogP contribution >= 0.6 is 0 Å². The number of benzene rings is 1. The third-order valence-electron chi connectivity index (χ3n) is 3.14. The van der Waals surface area contributed by atoms with Gasteiger partial charge in [-0.05, 0) is 26.0 Å². The Morgan fingerprint density at radius 3 is 2.48 bits per heavy atom. The molecule has 0 saturated heterocycles. The van der Waals surface area contributed by atoms with Gasteiger partial charge < -0.3 is 14.7 Å². The van der Waals surface area contributed by atoms with Crippen LogP contribution in [0.1, 0.15) is 24.2 Å². The molecule has 1 N–H and O–H groups in total. The maximum absolute atomic E-state index is 12.4. The van der Waals surface area contributed by atoms with Gasteiger partial charge in [0.25, 0.3) is 0 Å². The number of carbonyl (C=O) groups is 2. The zero-order chi connectivity index (χ0) is 15.8. The minimum absolute atomic E-state index is 0.106. The van der Waals surface area contributed by atoms with Crippen LogP contribution in [0.15, 0.2) is 24.3 Å². The highest BCUT2D eigenvalue weighted by atomic mass is 16.5. The number of carboxylic acids is 1. The molecule has 1 aromatic carbocycles. The van der Waals surface area contributed by atoms with Crippen LogP contribution in [0.2, 0.25) is 0 Å². The lowest BCUT2D eigenvalue weighted by molar-refractivity contribution is 0.0697. The SMILES string of the molecule is CCOCCN(CC)C(=O)N(C)c1ccccc1C(=O)O. The second-order valence-electron chi connectivity index (χ2n) is 4.44. The van der Waals surface area contributed by atoms with Crippen molar-refractivity contribution in [1.29, 1.82) is 0 Å². The number of urea groups is 1. The number of nitrogens with zero attached hydrogens (tertiary/aromatic N) is 2. The van der Waals surface area contributed by atoms with Crippen molar-refractivity contribution in [3.8, 4) is 0 Å². The Bertz CT molecular complexity index is 490. The van der Waals surface area contributed by atoms with Gasteiger partial charge in [-0.25, -0.2) is 9.59 Å². The number of likely N-dealkylation sites (N-methyl/N-ethyl adjacent to an activating group) is 1. The number of para-hydroxylation sites is 1. The molecule has 0 fully saturated rings. The molecule has 0 aliphatic rings. The summed E-state index contributed by atoms with van der Waals surface area (Å²) in [6.45, 7) is 5.84. The van der Waals surface area contributed by atoms with Gasteiger partial charge in [0.2, 0.25) is 0 Å². The van der Waals surface area contributed by atoms with Crippen molar-refractivity contribution in [1.82, 2.24) is 4.90 Å². The Balaban J connectivity index is 2.88. The molecule has 1 rings (SSSR count). The number of hydrogen-bond acceptors (Lipinski definition) is 3. The minimum atomic E-state index is -1.05. The molecule has 116 valence electrons. The van der Waals surface area contributed by atoms with Crippen LogP contribution in [0.3, 0.4) is 0 Å². The van der Waals surface area contributed by atoms with E-state index in [2.05, 4.69) is 0 Å². The maximum atomic E-state index is 12.4. The Hall–Kier alpha value is -2.08. The van der Waals surface area contributed by atoms with Gasteiger partial charge in [0.15, 0.2) is 0 Å². The van der Waals surface area contributed by atoms with Crippen LogP contribution in [0.4, 0.5) is 10.5 Å². The third-order valence-corrected chi connectivity index (χ3v) is 3.14. The van der Waals surface area contributed by atoms with E-state index in [-0.39, 0.29) is 11.6 Å². The molecule has 1 aromatic rings. The quantitative estimate of drug-likeness (QED) is 0.783. The number of hydrogen-bond donors (Lipinski definition) is 1. The summed E-state index contributed by atoms with van der Waals surface area (Å²) in [5.74, 6) is -1.05. The highest BCUT2D eigenvalue weighted by molar-refractivity contribution is 6.01. The summed E-state index contributed by atoms with van der Waals surface area (Å²) < 4.78 is 5.26. The van der Waals surface area contributed by atoms with E-state index >= 15 is 0 Å². The zero-order valence-corrected chi connectivity index (χ0v) is 12.7. The first-order valence-corrected chi connectivity index (χ1v) is 6.95. The molecule has 0 radical (unpaired) electrons. The van der Waals surface area contributed by atoms with Crippen LogP contribution in [0.25, 0.3) is 0 Å². The van der Waals surface area contributed by atoms with Crippen LogP contribution in [-0.2, 0) is 4.74 Å². The molecule has 6 nitrogen and oxygen atoms in total. The fraction of sp³-hybridized carbons (Fsp3) is 0.467. The predicted molar refractivity (Wildman–Crippen MR) is 80.9 cm³/mol. The van der Waals surface area contributed by atoms with Crippen LogP contribution in [-0.4, -0.2) is 55.4 Å². The normalized spacial score (nSPS) is 10.2. The summed E-state index contributed by atoms with van der Waals surface area (Å²) >= 11 is 0. The first-order chi connectivity index (χ1) is 10.0. The van der Waals surface area contributed by atoms with Crippen LogP contribution < -0.4 is 4.90 Å². The summed E-state index contributed by atoms with van der Waals surface area (Å²) in [4.78, 5) is 26.7. The van der Waals surface area contributed by atoms with Gasteiger partial charge in [-0.2, -0.15) is 0 Å². The van der Waals surface area contributed by atoms with Gasteiger partial charge >= 0.3 is 12.0 Å². The molecule has 21 heavy (non-hydrogen) atoms. The summed E-state index contributed by atoms with van der Waals surface area (Å²) in [5.41, 5.74) is 0.485. The second kappa shape index (κ2) is 8.26. The number of amides is 2. The summed E-state index contributed by atoms with van der Waals surface area (Å²) in [6.07, 6.45) is 0. The molecule has 0 heterocycles. The Labute approximate surface area is 124 Å². The molecule has 0 aromatic heterocycles. The van der Waals surface area contributed by atoms with Crippen molar-refractivity contribution >= 4 is 17.7 Å².